The van der Waals surface area contributed by atoms with Crippen LogP contribution in [-0.4, -0.2) is 60.6 Å². The molecule has 1 saturated heterocycles. The number of aromatic carboxylic acids is 1. The number of hydrogen-bond donors (Lipinski definition) is 1. The van der Waals surface area contributed by atoms with Crippen molar-refractivity contribution in [3.8, 4) is 11.8 Å². The van der Waals surface area contributed by atoms with Crippen molar-refractivity contribution in [2.75, 3.05) is 37.7 Å². The van der Waals surface area contributed by atoms with Crippen LogP contribution in [0.2, 0.25) is 0 Å². The minimum atomic E-state index is -1.13. The minimum Gasteiger partial charge on any atom is -0.477 e. The first-order chi connectivity index (χ1) is 15.5. The zero-order valence-electron chi connectivity index (χ0n) is 19.8. The fraction of sp³-hybridized carbons (Fsp3) is 0.560. The zero-order chi connectivity index (χ0) is 24.2. The number of nitrogens with zero attached hydrogens (tertiary/aromatic N) is 2. The predicted molar refractivity (Wildman–Crippen MR) is 128 cm³/mol. The lowest BCUT2D eigenvalue weighted by molar-refractivity contribution is -0.135. The van der Waals surface area contributed by atoms with Gasteiger partial charge in [0.25, 0.3) is 0 Å². The number of hydrogen-bond acceptors (Lipinski definition) is 5. The Morgan fingerprint density at radius 3 is 2.55 bits per heavy atom. The molecule has 2 amide bonds. The Kier molecular flexibility index (Phi) is 7.98. The van der Waals surface area contributed by atoms with Crippen LogP contribution in [0, 0.1) is 23.2 Å². The van der Waals surface area contributed by atoms with E-state index >= 15 is 0 Å². The van der Waals surface area contributed by atoms with Crippen LogP contribution >= 0.6 is 11.3 Å². The third-order valence-electron chi connectivity index (χ3n) is 5.67. The summed E-state index contributed by atoms with van der Waals surface area (Å²) in [6.07, 6.45) is 4.15. The summed E-state index contributed by atoms with van der Waals surface area (Å²) in [5.74, 6) is 4.32. The number of anilines is 1. The summed E-state index contributed by atoms with van der Waals surface area (Å²) in [6.45, 7) is 9.61. The van der Waals surface area contributed by atoms with Crippen LogP contribution in [0.1, 0.15) is 61.5 Å². The van der Waals surface area contributed by atoms with E-state index in [-0.39, 0.29) is 40.3 Å². The lowest BCUT2D eigenvalue weighted by atomic mass is 9.89. The summed E-state index contributed by atoms with van der Waals surface area (Å²) in [5.41, 5.74) is 1.25. The summed E-state index contributed by atoms with van der Waals surface area (Å²) < 4.78 is 5.33. The van der Waals surface area contributed by atoms with Crippen LogP contribution in [0.3, 0.4) is 0 Å². The first-order valence-corrected chi connectivity index (χ1v) is 12.1. The normalized spacial score (nSPS) is 18.7. The maximum atomic E-state index is 13.6. The molecule has 1 atom stereocenters. The Balaban J connectivity index is 1.97. The zero-order valence-corrected chi connectivity index (χ0v) is 20.6. The second kappa shape index (κ2) is 10.5. The van der Waals surface area contributed by atoms with Crippen molar-refractivity contribution < 1.29 is 24.2 Å². The van der Waals surface area contributed by atoms with Gasteiger partial charge in [-0.1, -0.05) is 23.5 Å². The third-order valence-corrected chi connectivity index (χ3v) is 6.70. The molecule has 0 bridgehead atoms. The van der Waals surface area contributed by atoms with Crippen LogP contribution in [0.4, 0.5) is 5.69 Å². The highest BCUT2D eigenvalue weighted by atomic mass is 32.1. The Labute approximate surface area is 199 Å². The van der Waals surface area contributed by atoms with Gasteiger partial charge in [0.05, 0.1) is 23.8 Å². The van der Waals surface area contributed by atoms with Crippen LogP contribution in [0.15, 0.2) is 17.7 Å². The summed E-state index contributed by atoms with van der Waals surface area (Å²) in [6, 6.07) is 1.64. The van der Waals surface area contributed by atoms with Crippen molar-refractivity contribution in [2.24, 2.45) is 11.3 Å². The number of morpholine rings is 1. The number of amides is 2. The van der Waals surface area contributed by atoms with Gasteiger partial charge in [-0.25, -0.2) is 4.79 Å². The minimum absolute atomic E-state index is 0.0267. The van der Waals surface area contributed by atoms with Crippen molar-refractivity contribution in [3.63, 3.8) is 0 Å². The maximum absolute atomic E-state index is 13.6. The summed E-state index contributed by atoms with van der Waals surface area (Å²) in [5, 5.41) is 9.87. The molecule has 3 rings (SSSR count). The van der Waals surface area contributed by atoms with Gasteiger partial charge in [0.2, 0.25) is 11.8 Å². The number of carboxylic acid groups (broad SMARTS) is 1. The SMILES string of the molecule is CC1=CC[C@H](C(=O)N(CC(=O)N2CCOCC2)c2cc(C#CC(C)(C)C)sc2C(=O)O)CC1. The van der Waals surface area contributed by atoms with Gasteiger partial charge < -0.3 is 19.6 Å². The highest BCUT2D eigenvalue weighted by Gasteiger charge is 2.33. The molecule has 0 radical (unpaired) electrons. The molecular weight excluding hydrogens is 440 g/mol. The van der Waals surface area contributed by atoms with E-state index in [1.54, 1.807) is 11.0 Å². The molecule has 33 heavy (non-hydrogen) atoms. The summed E-state index contributed by atoms with van der Waals surface area (Å²) in [4.78, 5) is 42.4. The molecule has 1 aromatic heterocycles. The fourth-order valence-corrected chi connectivity index (χ4v) is 4.64. The number of rotatable bonds is 5. The first kappa shape index (κ1) is 25.0. The number of thiophene rings is 1. The van der Waals surface area contributed by atoms with Crippen molar-refractivity contribution in [2.45, 2.75) is 47.0 Å². The van der Waals surface area contributed by atoms with E-state index in [0.717, 1.165) is 17.8 Å². The van der Waals surface area contributed by atoms with E-state index in [1.165, 1.54) is 10.5 Å². The number of carboxylic acids is 1. The van der Waals surface area contributed by atoms with E-state index < -0.39 is 5.97 Å². The topological polar surface area (TPSA) is 87.2 Å². The van der Waals surface area contributed by atoms with Gasteiger partial charge in [-0.2, -0.15) is 0 Å². The molecule has 0 unspecified atom stereocenters. The molecule has 1 N–H and O–H groups in total. The Hall–Kier alpha value is -2.63. The average molecular weight is 473 g/mol. The third kappa shape index (κ3) is 6.68. The quantitative estimate of drug-likeness (QED) is 0.521. The van der Waals surface area contributed by atoms with Crippen molar-refractivity contribution in [1.29, 1.82) is 0 Å². The molecule has 1 aliphatic carbocycles. The van der Waals surface area contributed by atoms with Crippen molar-refractivity contribution >= 4 is 34.8 Å². The van der Waals surface area contributed by atoms with Gasteiger partial charge >= 0.3 is 5.97 Å². The lowest BCUT2D eigenvalue weighted by Gasteiger charge is -2.32. The number of carbonyl (C=O) groups excluding carboxylic acids is 2. The second-order valence-corrected chi connectivity index (χ2v) is 10.6. The van der Waals surface area contributed by atoms with Crippen molar-refractivity contribution in [1.82, 2.24) is 4.90 Å². The van der Waals surface area contributed by atoms with Crippen LogP contribution in [0.5, 0.6) is 0 Å². The Morgan fingerprint density at radius 1 is 1.27 bits per heavy atom. The smallest absolute Gasteiger partial charge is 0.348 e. The van der Waals surface area contributed by atoms with Crippen LogP contribution in [0.25, 0.3) is 0 Å². The summed E-state index contributed by atoms with van der Waals surface area (Å²) in [7, 11) is 0. The standard InChI is InChI=1S/C25H32N2O5S/c1-17-5-7-18(8-6-17)23(29)27(16-21(28)26-11-13-32-14-12-26)20-15-19(9-10-25(2,3)4)33-22(20)24(30)31/h5,15,18H,6-8,11-14,16H2,1-4H3,(H,30,31)/t18-/m0/s1. The maximum Gasteiger partial charge on any atom is 0.348 e. The van der Waals surface area contributed by atoms with E-state index in [4.69, 9.17) is 4.74 Å². The van der Waals surface area contributed by atoms with Gasteiger partial charge in [0.15, 0.2) is 0 Å². The van der Waals surface area contributed by atoms with E-state index in [0.29, 0.717) is 44.0 Å². The monoisotopic (exact) mass is 472 g/mol. The number of carbonyl (C=O) groups is 3. The molecule has 0 aromatic carbocycles. The molecule has 1 aromatic rings. The van der Waals surface area contributed by atoms with Gasteiger partial charge in [-0.05, 0) is 53.0 Å². The molecule has 2 heterocycles. The van der Waals surface area contributed by atoms with Gasteiger partial charge in [0, 0.05) is 24.4 Å². The van der Waals surface area contributed by atoms with Crippen LogP contribution < -0.4 is 4.90 Å². The molecule has 8 heteroatoms. The van der Waals surface area contributed by atoms with Gasteiger partial charge in [0.1, 0.15) is 11.4 Å². The second-order valence-electron chi connectivity index (χ2n) is 9.57. The largest absolute Gasteiger partial charge is 0.477 e. The average Bonchev–Trinajstić information content (AvgIpc) is 3.20. The number of allylic oxidation sites excluding steroid dienone is 2. The molecule has 1 fully saturated rings. The van der Waals surface area contributed by atoms with Crippen LogP contribution in [-0.2, 0) is 14.3 Å². The lowest BCUT2D eigenvalue weighted by Crippen LogP contribution is -2.48. The van der Waals surface area contributed by atoms with Gasteiger partial charge in [-0.3, -0.25) is 9.59 Å². The van der Waals surface area contributed by atoms with Gasteiger partial charge in [-0.15, -0.1) is 11.3 Å². The fourth-order valence-electron chi connectivity index (χ4n) is 3.79. The molecule has 178 valence electrons. The number of ether oxygens (including phenoxy) is 1. The first-order valence-electron chi connectivity index (χ1n) is 11.3. The highest BCUT2D eigenvalue weighted by molar-refractivity contribution is 7.15. The molecule has 1 aliphatic heterocycles. The van der Waals surface area contributed by atoms with E-state index in [2.05, 4.69) is 17.9 Å². The summed E-state index contributed by atoms with van der Waals surface area (Å²) >= 11 is 1.04. The molecule has 0 saturated carbocycles. The molecule has 7 nitrogen and oxygen atoms in total. The Bertz CT molecular complexity index is 1000. The Morgan fingerprint density at radius 2 is 1.97 bits per heavy atom. The van der Waals surface area contributed by atoms with E-state index in [9.17, 15) is 19.5 Å². The van der Waals surface area contributed by atoms with Crippen molar-refractivity contribution in [3.05, 3.63) is 27.5 Å². The highest BCUT2D eigenvalue weighted by Crippen LogP contribution is 2.34. The van der Waals surface area contributed by atoms with E-state index in [1.807, 2.05) is 27.7 Å². The molecule has 0 spiro atoms. The molecular formula is C25H32N2O5S. The predicted octanol–water partition coefficient (Wildman–Crippen LogP) is 3.78. The molecule has 2 aliphatic rings.